The van der Waals surface area contributed by atoms with Gasteiger partial charge in [0, 0.05) is 25.7 Å². The molecule has 0 radical (unpaired) electrons. The first-order valence-electron chi connectivity index (χ1n) is 11.5. The Morgan fingerprint density at radius 3 is 2.39 bits per heavy atom. The van der Waals surface area contributed by atoms with Crippen molar-refractivity contribution in [1.29, 1.82) is 0 Å². The van der Waals surface area contributed by atoms with Gasteiger partial charge in [-0.15, -0.1) is 0 Å². The number of hydrogen-bond acceptors (Lipinski definition) is 4. The number of amides is 1. The molecule has 1 amide bonds. The van der Waals surface area contributed by atoms with E-state index in [1.165, 1.54) is 17.7 Å². The summed E-state index contributed by atoms with van der Waals surface area (Å²) in [7, 11) is 1.68. The number of carbonyl (C=O) groups excluding carboxylic acids is 1. The molecule has 2 aromatic carbocycles. The van der Waals surface area contributed by atoms with E-state index < -0.39 is 0 Å². The van der Waals surface area contributed by atoms with Gasteiger partial charge in [0.2, 0.25) is 5.91 Å². The van der Waals surface area contributed by atoms with Crippen molar-refractivity contribution >= 4 is 5.91 Å². The van der Waals surface area contributed by atoms with Gasteiger partial charge in [-0.25, -0.2) is 4.39 Å². The summed E-state index contributed by atoms with van der Waals surface area (Å²) < 4.78 is 24.0. The first-order valence-corrected chi connectivity index (χ1v) is 11.5. The largest absolute Gasteiger partial charge is 0.497 e. The number of piperidine rings is 1. The summed E-state index contributed by atoms with van der Waals surface area (Å²) in [5.41, 5.74) is 2.12. The molecule has 0 spiro atoms. The smallest absolute Gasteiger partial charge is 0.227 e. The lowest BCUT2D eigenvalue weighted by atomic mass is 10.0. The van der Waals surface area contributed by atoms with Crippen LogP contribution in [0.3, 0.4) is 0 Å². The maximum atomic E-state index is 13.2. The number of likely N-dealkylation sites (tertiary alicyclic amines) is 1. The lowest BCUT2D eigenvalue weighted by Crippen LogP contribution is -2.47. The first kappa shape index (κ1) is 23.1. The van der Waals surface area contributed by atoms with E-state index in [0.717, 1.165) is 56.0 Å². The molecule has 174 valence electrons. The Balaban J connectivity index is 1.34. The summed E-state index contributed by atoms with van der Waals surface area (Å²) in [6.07, 6.45) is 4.75. The lowest BCUT2D eigenvalue weighted by Gasteiger charge is -2.38. The van der Waals surface area contributed by atoms with Crippen molar-refractivity contribution < 1.29 is 18.3 Å². The molecule has 1 aliphatic heterocycles. The number of ether oxygens (including phenoxy) is 1. The Morgan fingerprint density at radius 1 is 1.06 bits per heavy atom. The molecule has 5 nitrogen and oxygen atoms in total. The van der Waals surface area contributed by atoms with E-state index in [4.69, 9.17) is 9.15 Å². The Bertz CT molecular complexity index is 995. The minimum Gasteiger partial charge on any atom is -0.497 e. The van der Waals surface area contributed by atoms with Crippen LogP contribution in [0.15, 0.2) is 71.3 Å². The minimum absolute atomic E-state index is 0.0506. The van der Waals surface area contributed by atoms with Gasteiger partial charge >= 0.3 is 0 Å². The van der Waals surface area contributed by atoms with Crippen LogP contribution in [-0.2, 0) is 24.2 Å². The molecule has 3 aromatic rings. The van der Waals surface area contributed by atoms with Gasteiger partial charge in [0.1, 0.15) is 17.3 Å². The van der Waals surface area contributed by atoms with Crippen molar-refractivity contribution in [1.82, 2.24) is 9.80 Å². The number of nitrogens with zero attached hydrogens (tertiary/aromatic N) is 2. The summed E-state index contributed by atoms with van der Waals surface area (Å²) in [6.45, 7) is 3.38. The van der Waals surface area contributed by atoms with E-state index in [9.17, 15) is 9.18 Å². The second-order valence-corrected chi connectivity index (χ2v) is 8.58. The highest BCUT2D eigenvalue weighted by Gasteiger charge is 2.28. The third-order valence-corrected chi connectivity index (χ3v) is 6.37. The van der Waals surface area contributed by atoms with Crippen molar-refractivity contribution in [2.45, 2.75) is 38.3 Å². The van der Waals surface area contributed by atoms with E-state index in [0.29, 0.717) is 6.54 Å². The van der Waals surface area contributed by atoms with E-state index in [2.05, 4.69) is 17.0 Å². The van der Waals surface area contributed by atoms with Gasteiger partial charge in [-0.3, -0.25) is 4.79 Å². The topological polar surface area (TPSA) is 45.9 Å². The molecule has 1 aliphatic rings. The standard InChI is InChI=1S/C27H31FN2O3/c1-32-25-10-6-21(7-11-25)12-15-29-16-13-24(14-17-29)30(20-26-3-2-18-33-26)27(31)19-22-4-8-23(28)9-5-22/h2-11,18,24H,12-17,19-20H2,1H3. The number of methoxy groups -OCH3 is 1. The van der Waals surface area contributed by atoms with Crippen molar-refractivity contribution in [3.63, 3.8) is 0 Å². The van der Waals surface area contributed by atoms with E-state index >= 15 is 0 Å². The van der Waals surface area contributed by atoms with Gasteiger partial charge in [0.25, 0.3) is 0 Å². The minimum atomic E-state index is -0.291. The van der Waals surface area contributed by atoms with Crippen LogP contribution >= 0.6 is 0 Å². The predicted octanol–water partition coefficient (Wildman–Crippen LogP) is 4.71. The van der Waals surface area contributed by atoms with Crippen LogP contribution in [0, 0.1) is 5.82 Å². The molecule has 6 heteroatoms. The molecular weight excluding hydrogens is 419 g/mol. The molecule has 0 saturated carbocycles. The fourth-order valence-corrected chi connectivity index (χ4v) is 4.40. The zero-order valence-electron chi connectivity index (χ0n) is 19.1. The van der Waals surface area contributed by atoms with Crippen LogP contribution in [0.4, 0.5) is 4.39 Å². The monoisotopic (exact) mass is 450 g/mol. The van der Waals surface area contributed by atoms with Gasteiger partial charge in [0.05, 0.1) is 26.3 Å². The average molecular weight is 451 g/mol. The number of furan rings is 1. The zero-order chi connectivity index (χ0) is 23.0. The number of halogens is 1. The molecule has 1 aromatic heterocycles. The van der Waals surface area contributed by atoms with Gasteiger partial charge < -0.3 is 19.0 Å². The second kappa shape index (κ2) is 11.1. The zero-order valence-corrected chi connectivity index (χ0v) is 19.1. The maximum absolute atomic E-state index is 13.2. The lowest BCUT2D eigenvalue weighted by molar-refractivity contribution is -0.134. The Labute approximate surface area is 194 Å². The van der Waals surface area contributed by atoms with Crippen LogP contribution < -0.4 is 4.74 Å². The Kier molecular flexibility index (Phi) is 7.79. The molecule has 0 N–H and O–H groups in total. The Hall–Kier alpha value is -3.12. The summed E-state index contributed by atoms with van der Waals surface area (Å²) in [6, 6.07) is 18.3. The highest BCUT2D eigenvalue weighted by atomic mass is 19.1. The predicted molar refractivity (Wildman–Crippen MR) is 126 cm³/mol. The van der Waals surface area contributed by atoms with Crippen LogP contribution in [0.5, 0.6) is 5.75 Å². The molecule has 33 heavy (non-hydrogen) atoms. The van der Waals surface area contributed by atoms with E-state index in [-0.39, 0.29) is 24.2 Å². The molecule has 0 bridgehead atoms. The quantitative estimate of drug-likeness (QED) is 0.474. The highest BCUT2D eigenvalue weighted by Crippen LogP contribution is 2.22. The third kappa shape index (κ3) is 6.45. The highest BCUT2D eigenvalue weighted by molar-refractivity contribution is 5.79. The molecule has 0 aliphatic carbocycles. The summed E-state index contributed by atoms with van der Waals surface area (Å²) in [5.74, 6) is 1.42. The molecule has 0 atom stereocenters. The maximum Gasteiger partial charge on any atom is 0.227 e. The van der Waals surface area contributed by atoms with Gasteiger partial charge in [-0.1, -0.05) is 24.3 Å². The number of benzene rings is 2. The Morgan fingerprint density at radius 2 is 1.76 bits per heavy atom. The fourth-order valence-electron chi connectivity index (χ4n) is 4.40. The van der Waals surface area contributed by atoms with Gasteiger partial charge in [-0.2, -0.15) is 0 Å². The van der Waals surface area contributed by atoms with E-state index in [1.54, 1.807) is 25.5 Å². The van der Waals surface area contributed by atoms with Crippen LogP contribution in [-0.4, -0.2) is 48.5 Å². The molecule has 0 unspecified atom stereocenters. The average Bonchev–Trinajstić information content (AvgIpc) is 3.37. The SMILES string of the molecule is COc1ccc(CCN2CCC(N(Cc3ccco3)C(=O)Cc3ccc(F)cc3)CC2)cc1. The van der Waals surface area contributed by atoms with E-state index in [1.807, 2.05) is 29.2 Å². The molecule has 2 heterocycles. The normalized spacial score (nSPS) is 14.8. The summed E-state index contributed by atoms with van der Waals surface area (Å²) in [5, 5.41) is 0. The number of carbonyl (C=O) groups is 1. The van der Waals surface area contributed by atoms with Gasteiger partial charge in [0.15, 0.2) is 0 Å². The van der Waals surface area contributed by atoms with Crippen molar-refractivity contribution in [3.05, 3.63) is 89.6 Å². The first-order chi connectivity index (χ1) is 16.1. The van der Waals surface area contributed by atoms with Crippen molar-refractivity contribution in [3.8, 4) is 5.75 Å². The molecular formula is C27H31FN2O3. The van der Waals surface area contributed by atoms with Crippen molar-refractivity contribution in [2.24, 2.45) is 0 Å². The van der Waals surface area contributed by atoms with Crippen LogP contribution in [0.25, 0.3) is 0 Å². The number of rotatable bonds is 9. The fraction of sp³-hybridized carbons (Fsp3) is 0.370. The number of hydrogen-bond donors (Lipinski definition) is 0. The third-order valence-electron chi connectivity index (χ3n) is 6.37. The molecule has 4 rings (SSSR count). The van der Waals surface area contributed by atoms with Crippen LogP contribution in [0.2, 0.25) is 0 Å². The molecule has 1 fully saturated rings. The summed E-state index contributed by atoms with van der Waals surface area (Å²) in [4.78, 5) is 17.7. The van der Waals surface area contributed by atoms with Crippen LogP contribution in [0.1, 0.15) is 29.7 Å². The van der Waals surface area contributed by atoms with Crippen molar-refractivity contribution in [2.75, 3.05) is 26.7 Å². The van der Waals surface area contributed by atoms with Gasteiger partial charge in [-0.05, 0) is 66.8 Å². The molecule has 1 saturated heterocycles. The summed E-state index contributed by atoms with van der Waals surface area (Å²) >= 11 is 0. The second-order valence-electron chi connectivity index (χ2n) is 8.58.